The minimum atomic E-state index is 0.297. The first kappa shape index (κ1) is 14.0. The molecule has 0 saturated heterocycles. The zero-order chi connectivity index (χ0) is 12.2. The van der Waals surface area contributed by atoms with E-state index in [9.17, 15) is 0 Å². The molecule has 2 atom stereocenters. The van der Waals surface area contributed by atoms with Crippen molar-refractivity contribution in [2.24, 2.45) is 5.92 Å². The molecule has 96 valence electrons. The Kier molecular flexibility index (Phi) is 5.26. The molecule has 16 heavy (non-hydrogen) atoms. The molecule has 0 radical (unpaired) electrons. The van der Waals surface area contributed by atoms with Crippen LogP contribution in [-0.4, -0.2) is 37.1 Å². The fourth-order valence-electron chi connectivity index (χ4n) is 3.22. The quantitative estimate of drug-likeness (QED) is 0.749. The number of nitrogens with zero attached hydrogens (tertiary/aromatic N) is 1. The van der Waals surface area contributed by atoms with Crippen LogP contribution in [0.2, 0.25) is 0 Å². The summed E-state index contributed by atoms with van der Waals surface area (Å²) >= 11 is 0. The summed E-state index contributed by atoms with van der Waals surface area (Å²) in [4.78, 5) is 2.42. The molecule has 1 fully saturated rings. The van der Waals surface area contributed by atoms with Crippen molar-refractivity contribution < 1.29 is 0 Å². The summed E-state index contributed by atoms with van der Waals surface area (Å²) in [6.07, 6.45) is 6.91. The minimum absolute atomic E-state index is 0.297. The van der Waals surface area contributed by atoms with Gasteiger partial charge < -0.3 is 10.2 Å². The Hall–Kier alpha value is -0.0800. The van der Waals surface area contributed by atoms with E-state index in [-0.39, 0.29) is 0 Å². The molecule has 2 nitrogen and oxygen atoms in total. The van der Waals surface area contributed by atoms with E-state index >= 15 is 0 Å². The summed E-state index contributed by atoms with van der Waals surface area (Å²) in [5.74, 6) is 0.882. The monoisotopic (exact) mass is 226 g/mol. The van der Waals surface area contributed by atoms with E-state index in [1.807, 2.05) is 0 Å². The molecule has 0 spiro atoms. The van der Waals surface area contributed by atoms with E-state index in [0.717, 1.165) is 12.5 Å². The van der Waals surface area contributed by atoms with Crippen LogP contribution in [0.15, 0.2) is 0 Å². The van der Waals surface area contributed by atoms with Gasteiger partial charge in [0.2, 0.25) is 0 Å². The van der Waals surface area contributed by atoms with Crippen LogP contribution in [0.4, 0.5) is 0 Å². The molecule has 0 amide bonds. The van der Waals surface area contributed by atoms with Gasteiger partial charge in [-0.3, -0.25) is 0 Å². The number of likely N-dealkylation sites (N-methyl/N-ethyl adjacent to an activating group) is 2. The van der Waals surface area contributed by atoms with Crippen LogP contribution in [0.3, 0.4) is 0 Å². The Morgan fingerprint density at radius 3 is 2.19 bits per heavy atom. The van der Waals surface area contributed by atoms with Gasteiger partial charge in [0.05, 0.1) is 0 Å². The Bertz CT molecular complexity index is 197. The predicted octanol–water partition coefficient (Wildman–Crippen LogP) is 2.89. The van der Waals surface area contributed by atoms with Crippen LogP contribution in [0.5, 0.6) is 0 Å². The van der Waals surface area contributed by atoms with Crippen molar-refractivity contribution in [2.45, 2.75) is 64.5 Å². The van der Waals surface area contributed by atoms with Crippen molar-refractivity contribution in [2.75, 3.05) is 20.6 Å². The highest BCUT2D eigenvalue weighted by atomic mass is 15.2. The molecule has 0 heterocycles. The summed E-state index contributed by atoms with van der Waals surface area (Å²) in [5, 5.41) is 3.76. The lowest BCUT2D eigenvalue weighted by atomic mass is 9.79. The second-order valence-corrected chi connectivity index (χ2v) is 5.69. The molecule has 1 N–H and O–H groups in total. The third kappa shape index (κ3) is 2.78. The molecule has 0 bridgehead atoms. The molecule has 1 aliphatic rings. The van der Waals surface area contributed by atoms with Crippen LogP contribution in [0, 0.1) is 5.92 Å². The first-order chi connectivity index (χ1) is 7.56. The molecule has 1 aliphatic carbocycles. The first-order valence-electron chi connectivity index (χ1n) is 6.97. The number of hydrogen-bond donors (Lipinski definition) is 1. The van der Waals surface area contributed by atoms with Gasteiger partial charge in [0.1, 0.15) is 0 Å². The normalized spacial score (nSPS) is 23.6. The molecule has 0 aliphatic heterocycles. The molecular weight excluding hydrogens is 196 g/mol. The summed E-state index contributed by atoms with van der Waals surface area (Å²) in [6.45, 7) is 8.05. The standard InChI is InChI=1S/C14H30N2/c1-6-14(3,16(4)5)13(15-7-2)12-10-8-9-11-12/h12-13,15H,6-11H2,1-5H3. The fourth-order valence-corrected chi connectivity index (χ4v) is 3.22. The Morgan fingerprint density at radius 2 is 1.81 bits per heavy atom. The highest BCUT2D eigenvalue weighted by molar-refractivity contribution is 4.98. The van der Waals surface area contributed by atoms with Gasteiger partial charge >= 0.3 is 0 Å². The molecule has 1 saturated carbocycles. The van der Waals surface area contributed by atoms with E-state index in [2.05, 4.69) is 45.1 Å². The van der Waals surface area contributed by atoms with E-state index in [1.54, 1.807) is 0 Å². The zero-order valence-electron chi connectivity index (χ0n) is 11.8. The third-order valence-electron chi connectivity index (χ3n) is 4.70. The number of nitrogens with one attached hydrogen (secondary N) is 1. The molecular formula is C14H30N2. The SMILES string of the molecule is CCNC(C1CCCC1)C(C)(CC)N(C)C. The Balaban J connectivity index is 2.80. The zero-order valence-corrected chi connectivity index (χ0v) is 11.8. The van der Waals surface area contributed by atoms with Crippen molar-refractivity contribution in [1.82, 2.24) is 10.2 Å². The second-order valence-electron chi connectivity index (χ2n) is 5.69. The largest absolute Gasteiger partial charge is 0.312 e. The summed E-state index contributed by atoms with van der Waals surface area (Å²) in [7, 11) is 4.45. The predicted molar refractivity (Wildman–Crippen MR) is 71.8 cm³/mol. The Labute approximate surface area is 102 Å². The van der Waals surface area contributed by atoms with Crippen molar-refractivity contribution in [1.29, 1.82) is 0 Å². The van der Waals surface area contributed by atoms with E-state index in [4.69, 9.17) is 0 Å². The van der Waals surface area contributed by atoms with Gasteiger partial charge in [0.25, 0.3) is 0 Å². The van der Waals surface area contributed by atoms with Gasteiger partial charge in [-0.05, 0) is 52.7 Å². The maximum atomic E-state index is 3.76. The molecule has 2 heteroatoms. The minimum Gasteiger partial charge on any atom is -0.312 e. The summed E-state index contributed by atoms with van der Waals surface area (Å²) in [6, 6.07) is 0.653. The van der Waals surface area contributed by atoms with Gasteiger partial charge in [-0.15, -0.1) is 0 Å². The molecule has 2 unspecified atom stereocenters. The van der Waals surface area contributed by atoms with E-state index in [1.165, 1.54) is 32.1 Å². The lowest BCUT2D eigenvalue weighted by molar-refractivity contribution is 0.0824. The molecule has 0 aromatic rings. The summed E-state index contributed by atoms with van der Waals surface area (Å²) in [5.41, 5.74) is 0.297. The topological polar surface area (TPSA) is 15.3 Å². The average molecular weight is 226 g/mol. The first-order valence-corrected chi connectivity index (χ1v) is 6.97. The molecule has 1 rings (SSSR count). The third-order valence-corrected chi connectivity index (χ3v) is 4.70. The van der Waals surface area contributed by atoms with Crippen molar-refractivity contribution in [3.05, 3.63) is 0 Å². The fraction of sp³-hybridized carbons (Fsp3) is 1.00. The molecule has 0 aromatic carbocycles. The van der Waals surface area contributed by atoms with E-state index in [0.29, 0.717) is 11.6 Å². The second kappa shape index (κ2) is 6.02. The van der Waals surface area contributed by atoms with Crippen LogP contribution in [-0.2, 0) is 0 Å². The van der Waals surface area contributed by atoms with Gasteiger partial charge in [-0.1, -0.05) is 26.7 Å². The van der Waals surface area contributed by atoms with Gasteiger partial charge in [0.15, 0.2) is 0 Å². The van der Waals surface area contributed by atoms with E-state index < -0.39 is 0 Å². The van der Waals surface area contributed by atoms with Crippen molar-refractivity contribution in [3.63, 3.8) is 0 Å². The van der Waals surface area contributed by atoms with Gasteiger partial charge in [0, 0.05) is 11.6 Å². The Morgan fingerprint density at radius 1 is 1.25 bits per heavy atom. The number of hydrogen-bond acceptors (Lipinski definition) is 2. The average Bonchev–Trinajstić information content (AvgIpc) is 2.77. The van der Waals surface area contributed by atoms with Crippen LogP contribution in [0.25, 0.3) is 0 Å². The lowest BCUT2D eigenvalue weighted by Crippen LogP contribution is -2.59. The van der Waals surface area contributed by atoms with Crippen LogP contribution < -0.4 is 5.32 Å². The maximum Gasteiger partial charge on any atom is 0.0328 e. The van der Waals surface area contributed by atoms with Crippen LogP contribution >= 0.6 is 0 Å². The van der Waals surface area contributed by atoms with Gasteiger partial charge in [-0.25, -0.2) is 0 Å². The highest BCUT2D eigenvalue weighted by Gasteiger charge is 2.39. The van der Waals surface area contributed by atoms with Gasteiger partial charge in [-0.2, -0.15) is 0 Å². The smallest absolute Gasteiger partial charge is 0.0328 e. The molecule has 0 aromatic heterocycles. The van der Waals surface area contributed by atoms with Crippen molar-refractivity contribution in [3.8, 4) is 0 Å². The highest BCUT2D eigenvalue weighted by Crippen LogP contribution is 2.35. The maximum absolute atomic E-state index is 3.76. The summed E-state index contributed by atoms with van der Waals surface area (Å²) < 4.78 is 0. The number of rotatable bonds is 6. The lowest BCUT2D eigenvalue weighted by Gasteiger charge is -2.46. The van der Waals surface area contributed by atoms with Crippen LogP contribution in [0.1, 0.15) is 52.9 Å². The van der Waals surface area contributed by atoms with Crippen molar-refractivity contribution >= 4 is 0 Å².